The fourth-order valence-corrected chi connectivity index (χ4v) is 2.42. The molecule has 1 aromatic carbocycles. The molecule has 18 heavy (non-hydrogen) atoms. The third-order valence-corrected chi connectivity index (χ3v) is 3.80. The van der Waals surface area contributed by atoms with E-state index in [1.807, 2.05) is 0 Å². The minimum atomic E-state index is -0.346. The Bertz CT molecular complexity index is 458. The van der Waals surface area contributed by atoms with Crippen LogP contribution >= 0.6 is 0 Å². The van der Waals surface area contributed by atoms with Crippen molar-refractivity contribution in [1.29, 1.82) is 0 Å². The second-order valence-corrected chi connectivity index (χ2v) is 5.87. The highest BCUT2D eigenvalue weighted by Crippen LogP contribution is 2.33. The van der Waals surface area contributed by atoms with Gasteiger partial charge in [-0.25, -0.2) is 4.39 Å². The Labute approximate surface area is 108 Å². The van der Waals surface area contributed by atoms with Gasteiger partial charge in [-0.05, 0) is 43.4 Å². The van der Waals surface area contributed by atoms with Crippen LogP contribution in [0.3, 0.4) is 0 Å². The van der Waals surface area contributed by atoms with Crippen LogP contribution in [0.5, 0.6) is 0 Å². The lowest BCUT2D eigenvalue weighted by atomic mass is 9.82. The highest BCUT2D eigenvalue weighted by Gasteiger charge is 2.26. The second-order valence-electron chi connectivity index (χ2n) is 5.87. The van der Waals surface area contributed by atoms with Gasteiger partial charge in [0.15, 0.2) is 5.78 Å². The monoisotopic (exact) mass is 249 g/mol. The van der Waals surface area contributed by atoms with Crippen LogP contribution in [0.25, 0.3) is 0 Å². The number of Topliss-reactive ketones (excluding diaryl/α,β-unsaturated/α-hetero) is 1. The van der Waals surface area contributed by atoms with Crippen LogP contribution in [-0.4, -0.2) is 18.9 Å². The van der Waals surface area contributed by atoms with Gasteiger partial charge in [0.05, 0.1) is 0 Å². The Balaban J connectivity index is 2.26. The number of anilines is 1. The molecule has 3 heteroatoms. The van der Waals surface area contributed by atoms with Crippen LogP contribution in [-0.2, 0) is 0 Å². The normalized spacial score (nSPS) is 18.8. The molecule has 1 heterocycles. The van der Waals surface area contributed by atoms with E-state index in [4.69, 9.17) is 0 Å². The van der Waals surface area contributed by atoms with E-state index in [1.54, 1.807) is 6.07 Å². The van der Waals surface area contributed by atoms with Crippen molar-refractivity contribution in [3.05, 3.63) is 29.6 Å². The molecule has 0 aromatic heterocycles. The first-order chi connectivity index (χ1) is 8.39. The van der Waals surface area contributed by atoms with Crippen molar-refractivity contribution in [2.75, 3.05) is 18.0 Å². The van der Waals surface area contributed by atoms with E-state index in [0.29, 0.717) is 11.0 Å². The van der Waals surface area contributed by atoms with Gasteiger partial charge in [0, 0.05) is 24.3 Å². The number of hydrogen-bond donors (Lipinski definition) is 0. The van der Waals surface area contributed by atoms with Crippen LogP contribution in [0.15, 0.2) is 18.2 Å². The van der Waals surface area contributed by atoms with Gasteiger partial charge in [-0.3, -0.25) is 4.79 Å². The molecule has 0 unspecified atom stereocenters. The average Bonchev–Trinajstić information content (AvgIpc) is 2.29. The van der Waals surface area contributed by atoms with E-state index in [-0.39, 0.29) is 11.6 Å². The molecule has 1 aliphatic rings. The van der Waals surface area contributed by atoms with E-state index >= 15 is 0 Å². The maximum atomic E-state index is 13.2. The van der Waals surface area contributed by atoms with Crippen molar-refractivity contribution < 1.29 is 9.18 Å². The highest BCUT2D eigenvalue weighted by atomic mass is 19.1. The molecular formula is C15H20FNO. The minimum absolute atomic E-state index is 0.0747. The second kappa shape index (κ2) is 4.71. The number of nitrogens with zero attached hydrogens (tertiary/aromatic N) is 1. The maximum Gasteiger partial charge on any atom is 0.161 e. The van der Waals surface area contributed by atoms with Crippen molar-refractivity contribution in [2.24, 2.45) is 5.41 Å². The summed E-state index contributed by atoms with van der Waals surface area (Å²) >= 11 is 0. The summed E-state index contributed by atoms with van der Waals surface area (Å²) in [7, 11) is 0. The van der Waals surface area contributed by atoms with Gasteiger partial charge in [-0.1, -0.05) is 13.8 Å². The molecule has 1 aliphatic heterocycles. The zero-order valence-corrected chi connectivity index (χ0v) is 11.3. The zero-order valence-electron chi connectivity index (χ0n) is 11.3. The van der Waals surface area contributed by atoms with Crippen LogP contribution in [0.2, 0.25) is 0 Å². The highest BCUT2D eigenvalue weighted by molar-refractivity contribution is 5.99. The van der Waals surface area contributed by atoms with Gasteiger partial charge in [-0.15, -0.1) is 0 Å². The number of benzene rings is 1. The molecule has 2 nitrogen and oxygen atoms in total. The molecule has 0 saturated carbocycles. The number of hydrogen-bond acceptors (Lipinski definition) is 2. The Morgan fingerprint density at radius 3 is 2.44 bits per heavy atom. The Hall–Kier alpha value is -1.38. The molecule has 0 aliphatic carbocycles. The molecule has 0 amide bonds. The lowest BCUT2D eigenvalue weighted by molar-refractivity contribution is 0.101. The molecule has 0 radical (unpaired) electrons. The summed E-state index contributed by atoms with van der Waals surface area (Å²) < 4.78 is 13.2. The lowest BCUT2D eigenvalue weighted by Gasteiger charge is -2.38. The summed E-state index contributed by atoms with van der Waals surface area (Å²) in [5.41, 5.74) is 1.74. The fraction of sp³-hybridized carbons (Fsp3) is 0.533. The van der Waals surface area contributed by atoms with Crippen molar-refractivity contribution in [3.8, 4) is 0 Å². The number of carbonyl (C=O) groups is 1. The number of ketones is 1. The number of carbonyl (C=O) groups excluding carboxylic acids is 1. The molecule has 0 atom stereocenters. The van der Waals surface area contributed by atoms with Gasteiger partial charge in [0.25, 0.3) is 0 Å². The van der Waals surface area contributed by atoms with Gasteiger partial charge in [0.1, 0.15) is 5.82 Å². The van der Waals surface area contributed by atoms with Crippen LogP contribution in [0, 0.1) is 11.2 Å². The first kappa shape index (κ1) is 13.1. The zero-order chi connectivity index (χ0) is 13.3. The van der Waals surface area contributed by atoms with Gasteiger partial charge in [-0.2, -0.15) is 0 Å². The summed E-state index contributed by atoms with van der Waals surface area (Å²) in [5.74, 6) is -0.421. The first-order valence-corrected chi connectivity index (χ1v) is 6.44. The van der Waals surface area contributed by atoms with Crippen molar-refractivity contribution in [3.63, 3.8) is 0 Å². The quantitative estimate of drug-likeness (QED) is 0.746. The van der Waals surface area contributed by atoms with Crippen LogP contribution in [0.1, 0.15) is 44.0 Å². The van der Waals surface area contributed by atoms with E-state index in [1.165, 1.54) is 19.1 Å². The molecule has 1 fully saturated rings. The number of rotatable bonds is 2. The maximum absolute atomic E-state index is 13.2. The third-order valence-electron chi connectivity index (χ3n) is 3.80. The van der Waals surface area contributed by atoms with Crippen LogP contribution < -0.4 is 4.90 Å². The van der Waals surface area contributed by atoms with Crippen LogP contribution in [0.4, 0.5) is 10.1 Å². The summed E-state index contributed by atoms with van der Waals surface area (Å²) in [4.78, 5) is 13.8. The predicted molar refractivity (Wildman–Crippen MR) is 71.6 cm³/mol. The Morgan fingerprint density at radius 1 is 1.28 bits per heavy atom. The minimum Gasteiger partial charge on any atom is -0.371 e. The standard InChI is InChI=1S/C15H20FNO/c1-11(18)13-10-12(16)4-5-14(13)17-8-6-15(2,3)7-9-17/h4-5,10H,6-9H2,1-3H3. The molecule has 0 bridgehead atoms. The number of halogens is 1. The topological polar surface area (TPSA) is 20.3 Å². The molecule has 0 spiro atoms. The molecule has 0 N–H and O–H groups in total. The molecule has 1 saturated heterocycles. The van der Waals surface area contributed by atoms with Gasteiger partial charge >= 0.3 is 0 Å². The van der Waals surface area contributed by atoms with E-state index in [9.17, 15) is 9.18 Å². The fourth-order valence-electron chi connectivity index (χ4n) is 2.42. The third kappa shape index (κ3) is 2.71. The summed E-state index contributed by atoms with van der Waals surface area (Å²) in [6.07, 6.45) is 2.20. The first-order valence-electron chi connectivity index (χ1n) is 6.44. The average molecular weight is 249 g/mol. The molecule has 1 aromatic rings. The summed E-state index contributed by atoms with van der Waals surface area (Å²) in [6.45, 7) is 7.88. The smallest absolute Gasteiger partial charge is 0.161 e. The molecule has 2 rings (SSSR count). The van der Waals surface area contributed by atoms with Gasteiger partial charge in [0.2, 0.25) is 0 Å². The van der Waals surface area contributed by atoms with Crippen molar-refractivity contribution >= 4 is 11.5 Å². The summed E-state index contributed by atoms with van der Waals surface area (Å²) in [5, 5.41) is 0. The number of piperidine rings is 1. The SMILES string of the molecule is CC(=O)c1cc(F)ccc1N1CCC(C)(C)CC1. The van der Waals surface area contributed by atoms with Crippen molar-refractivity contribution in [1.82, 2.24) is 0 Å². The molecule has 98 valence electrons. The van der Waals surface area contributed by atoms with Crippen molar-refractivity contribution in [2.45, 2.75) is 33.6 Å². The largest absolute Gasteiger partial charge is 0.371 e. The summed E-state index contributed by atoms with van der Waals surface area (Å²) in [6, 6.07) is 4.50. The van der Waals surface area contributed by atoms with E-state index in [2.05, 4.69) is 18.7 Å². The Morgan fingerprint density at radius 2 is 1.89 bits per heavy atom. The predicted octanol–water partition coefficient (Wildman–Crippen LogP) is 3.65. The molecular weight excluding hydrogens is 229 g/mol. The van der Waals surface area contributed by atoms with E-state index in [0.717, 1.165) is 31.6 Å². The van der Waals surface area contributed by atoms with Gasteiger partial charge < -0.3 is 4.90 Å². The Kier molecular flexibility index (Phi) is 3.42. The van der Waals surface area contributed by atoms with E-state index < -0.39 is 0 Å². The lowest BCUT2D eigenvalue weighted by Crippen LogP contribution is -2.38.